The Balaban J connectivity index is 2.25. The molecule has 0 amide bonds. The van der Waals surface area contributed by atoms with E-state index in [0.717, 1.165) is 22.0 Å². The molecule has 5 heteroatoms. The molecule has 102 valence electrons. The van der Waals surface area contributed by atoms with Gasteiger partial charge < -0.3 is 5.32 Å². The lowest BCUT2D eigenvalue weighted by molar-refractivity contribution is 0.151. The molecule has 2 aromatic rings. The highest BCUT2D eigenvalue weighted by atomic mass is 32.1. The molecule has 1 unspecified atom stereocenters. The summed E-state index contributed by atoms with van der Waals surface area (Å²) in [6.45, 7) is 5.00. The van der Waals surface area contributed by atoms with Crippen LogP contribution in [0.5, 0.6) is 0 Å². The van der Waals surface area contributed by atoms with Crippen molar-refractivity contribution >= 4 is 11.3 Å². The summed E-state index contributed by atoms with van der Waals surface area (Å²) >= 11 is 1.54. The third-order valence-corrected chi connectivity index (χ3v) is 4.08. The topological polar surface area (TPSA) is 24.9 Å². The van der Waals surface area contributed by atoms with E-state index in [1.165, 1.54) is 23.5 Å². The first-order chi connectivity index (χ1) is 9.11. The molecule has 19 heavy (non-hydrogen) atoms. The third kappa shape index (κ3) is 3.36. The van der Waals surface area contributed by atoms with Crippen LogP contribution >= 0.6 is 11.3 Å². The molecule has 0 bridgehead atoms. The number of rotatable bonds is 5. The van der Waals surface area contributed by atoms with Crippen molar-refractivity contribution in [3.05, 3.63) is 40.9 Å². The highest BCUT2D eigenvalue weighted by Crippen LogP contribution is 2.30. The van der Waals surface area contributed by atoms with Crippen LogP contribution in [0, 0.1) is 0 Å². The van der Waals surface area contributed by atoms with Crippen molar-refractivity contribution in [3.63, 3.8) is 0 Å². The van der Waals surface area contributed by atoms with E-state index < -0.39 is 6.43 Å². The largest absolute Gasteiger partial charge is 0.310 e. The number of thiazole rings is 1. The van der Waals surface area contributed by atoms with Gasteiger partial charge in [0.05, 0.1) is 0 Å². The smallest absolute Gasteiger partial charge is 0.263 e. The van der Waals surface area contributed by atoms with E-state index in [-0.39, 0.29) is 11.6 Å². The fourth-order valence-electron chi connectivity index (χ4n) is 1.83. The molecule has 1 aromatic heterocycles. The van der Waals surface area contributed by atoms with Crippen LogP contribution in [0.2, 0.25) is 0 Å². The Labute approximate surface area is 115 Å². The summed E-state index contributed by atoms with van der Waals surface area (Å²) in [6.07, 6.45) is -0.636. The average molecular weight is 282 g/mol. The van der Waals surface area contributed by atoms with Gasteiger partial charge in [-0.3, -0.25) is 0 Å². The first kappa shape index (κ1) is 14.1. The van der Waals surface area contributed by atoms with Crippen molar-refractivity contribution in [1.29, 1.82) is 0 Å². The van der Waals surface area contributed by atoms with Crippen molar-refractivity contribution in [1.82, 2.24) is 10.3 Å². The van der Waals surface area contributed by atoms with Crippen LogP contribution in [0.3, 0.4) is 0 Å². The van der Waals surface area contributed by atoms with Crippen LogP contribution < -0.4 is 5.32 Å². The van der Waals surface area contributed by atoms with Gasteiger partial charge in [-0.2, -0.15) is 0 Å². The van der Waals surface area contributed by atoms with E-state index in [9.17, 15) is 8.78 Å². The second-order valence-corrected chi connectivity index (χ2v) is 5.34. The Morgan fingerprint density at radius 2 is 2.16 bits per heavy atom. The molecule has 0 saturated carbocycles. The highest BCUT2D eigenvalue weighted by Gasteiger charge is 2.12. The van der Waals surface area contributed by atoms with Crippen molar-refractivity contribution in [2.45, 2.75) is 26.3 Å². The number of benzene rings is 1. The summed E-state index contributed by atoms with van der Waals surface area (Å²) in [5.74, 6) is 0. The zero-order chi connectivity index (χ0) is 13.8. The summed E-state index contributed by atoms with van der Waals surface area (Å²) in [6, 6.07) is 6.63. The maximum Gasteiger partial charge on any atom is 0.263 e. The van der Waals surface area contributed by atoms with Crippen molar-refractivity contribution < 1.29 is 8.78 Å². The van der Waals surface area contributed by atoms with Gasteiger partial charge in [-0.05, 0) is 19.5 Å². The molecular weight excluding hydrogens is 266 g/mol. The highest BCUT2D eigenvalue weighted by molar-refractivity contribution is 7.15. The summed E-state index contributed by atoms with van der Waals surface area (Å²) in [5, 5.41) is 4.09. The van der Waals surface area contributed by atoms with Crippen LogP contribution in [-0.2, 0) is 0 Å². The van der Waals surface area contributed by atoms with Crippen LogP contribution in [-0.4, -0.2) is 11.5 Å². The molecule has 1 N–H and O–H groups in total. The van der Waals surface area contributed by atoms with Gasteiger partial charge in [-0.15, -0.1) is 11.3 Å². The normalized spacial score (nSPS) is 12.9. The van der Waals surface area contributed by atoms with Gasteiger partial charge in [0.15, 0.2) is 0 Å². The van der Waals surface area contributed by atoms with Crippen molar-refractivity contribution in [3.8, 4) is 10.6 Å². The van der Waals surface area contributed by atoms with E-state index in [4.69, 9.17) is 0 Å². The number of halogens is 2. The second kappa shape index (κ2) is 6.21. The van der Waals surface area contributed by atoms with E-state index in [0.29, 0.717) is 0 Å². The lowest BCUT2D eigenvalue weighted by Gasteiger charge is -2.08. The van der Waals surface area contributed by atoms with Crippen LogP contribution in [0.1, 0.15) is 36.8 Å². The standard InChI is InChI=1S/C14H16F2N2S/c1-3-17-9(2)12-8-18-14(19-12)11-6-4-5-10(7-11)13(15)16/h4-9,13,17H,3H2,1-2H3. The summed E-state index contributed by atoms with van der Waals surface area (Å²) < 4.78 is 25.3. The summed E-state index contributed by atoms with van der Waals surface area (Å²) in [5.41, 5.74) is 0.784. The van der Waals surface area contributed by atoms with Gasteiger partial charge in [0, 0.05) is 28.2 Å². The minimum Gasteiger partial charge on any atom is -0.310 e. The Morgan fingerprint density at radius 1 is 1.37 bits per heavy atom. The zero-order valence-electron chi connectivity index (χ0n) is 10.9. The quantitative estimate of drug-likeness (QED) is 0.878. The van der Waals surface area contributed by atoms with Crippen molar-refractivity contribution in [2.75, 3.05) is 6.54 Å². The number of alkyl halides is 2. The predicted molar refractivity (Wildman–Crippen MR) is 74.6 cm³/mol. The van der Waals surface area contributed by atoms with Gasteiger partial charge in [0.25, 0.3) is 6.43 Å². The molecule has 2 rings (SSSR count). The first-order valence-corrected chi connectivity index (χ1v) is 7.01. The lowest BCUT2D eigenvalue weighted by Crippen LogP contribution is -2.16. The Hall–Kier alpha value is -1.33. The average Bonchev–Trinajstić information content (AvgIpc) is 2.89. The van der Waals surface area contributed by atoms with Gasteiger partial charge >= 0.3 is 0 Å². The van der Waals surface area contributed by atoms with E-state index in [1.807, 2.05) is 19.2 Å². The molecule has 0 aliphatic carbocycles. The maximum atomic E-state index is 12.7. The number of aromatic nitrogens is 1. The zero-order valence-corrected chi connectivity index (χ0v) is 11.7. The summed E-state index contributed by atoms with van der Waals surface area (Å²) in [4.78, 5) is 5.43. The van der Waals surface area contributed by atoms with E-state index in [1.54, 1.807) is 6.07 Å². The molecular formula is C14H16F2N2S. The van der Waals surface area contributed by atoms with Crippen molar-refractivity contribution in [2.24, 2.45) is 0 Å². The molecule has 0 spiro atoms. The molecule has 0 aliphatic heterocycles. The number of nitrogens with one attached hydrogen (secondary N) is 1. The first-order valence-electron chi connectivity index (χ1n) is 6.19. The lowest BCUT2D eigenvalue weighted by atomic mass is 10.1. The fourth-order valence-corrected chi connectivity index (χ4v) is 2.77. The van der Waals surface area contributed by atoms with Crippen LogP contribution in [0.15, 0.2) is 30.5 Å². The summed E-state index contributed by atoms with van der Waals surface area (Å²) in [7, 11) is 0. The molecule has 1 aromatic carbocycles. The molecule has 2 nitrogen and oxygen atoms in total. The van der Waals surface area contributed by atoms with Gasteiger partial charge in [-0.1, -0.05) is 25.1 Å². The van der Waals surface area contributed by atoms with Gasteiger partial charge in [0.1, 0.15) is 5.01 Å². The second-order valence-electron chi connectivity index (χ2n) is 4.27. The monoisotopic (exact) mass is 282 g/mol. The molecule has 0 radical (unpaired) electrons. The predicted octanol–water partition coefficient (Wildman–Crippen LogP) is 4.42. The number of nitrogens with zero attached hydrogens (tertiary/aromatic N) is 1. The van der Waals surface area contributed by atoms with Gasteiger partial charge in [0.2, 0.25) is 0 Å². The molecule has 1 heterocycles. The van der Waals surface area contributed by atoms with E-state index in [2.05, 4.69) is 17.2 Å². The van der Waals surface area contributed by atoms with Gasteiger partial charge in [-0.25, -0.2) is 13.8 Å². The minimum atomic E-state index is -2.44. The molecule has 0 saturated heterocycles. The Bertz CT molecular complexity index is 540. The molecule has 0 fully saturated rings. The van der Waals surface area contributed by atoms with E-state index >= 15 is 0 Å². The Kier molecular flexibility index (Phi) is 4.61. The number of hydrogen-bond acceptors (Lipinski definition) is 3. The number of hydrogen-bond donors (Lipinski definition) is 1. The fraction of sp³-hybridized carbons (Fsp3) is 0.357. The van der Waals surface area contributed by atoms with Crippen LogP contribution in [0.4, 0.5) is 8.78 Å². The molecule has 0 aliphatic rings. The minimum absolute atomic E-state index is 0.0361. The molecule has 1 atom stereocenters. The maximum absolute atomic E-state index is 12.7. The SMILES string of the molecule is CCNC(C)c1cnc(-c2cccc(C(F)F)c2)s1. The Morgan fingerprint density at radius 3 is 2.84 bits per heavy atom. The van der Waals surface area contributed by atoms with Crippen LogP contribution in [0.25, 0.3) is 10.6 Å². The third-order valence-electron chi connectivity index (χ3n) is 2.85.